The Labute approximate surface area is 119 Å². The minimum Gasteiger partial charge on any atom is -0.379 e. The molecular weight excluding hydrogens is 315 g/mol. The molecule has 20 heavy (non-hydrogen) atoms. The van der Waals surface area contributed by atoms with Crippen LogP contribution in [-0.4, -0.2) is 18.5 Å². The highest BCUT2D eigenvalue weighted by atomic mass is 32.2. The van der Waals surface area contributed by atoms with Crippen molar-refractivity contribution in [2.75, 3.05) is 5.75 Å². The van der Waals surface area contributed by atoms with E-state index in [0.29, 0.717) is 12.8 Å². The summed E-state index contributed by atoms with van der Waals surface area (Å²) in [7, 11) is -4.01. The third-order valence-corrected chi connectivity index (χ3v) is 5.25. The van der Waals surface area contributed by atoms with E-state index in [4.69, 9.17) is 4.18 Å². The summed E-state index contributed by atoms with van der Waals surface area (Å²) in [5, 5.41) is 0. The number of halogens is 3. The molecule has 0 radical (unpaired) electrons. The van der Waals surface area contributed by atoms with E-state index < -0.39 is 26.9 Å². The zero-order chi connectivity index (χ0) is 15.0. The molecule has 4 nitrogen and oxygen atoms in total. The van der Waals surface area contributed by atoms with Crippen molar-refractivity contribution in [1.29, 1.82) is 0 Å². The molecule has 0 N–H and O–H groups in total. The second-order valence-electron chi connectivity index (χ2n) is 4.63. The number of aromatic nitrogens is 1. The molecule has 0 atom stereocenters. The summed E-state index contributed by atoms with van der Waals surface area (Å²) < 4.78 is 70.3. The number of rotatable bonds is 4. The summed E-state index contributed by atoms with van der Waals surface area (Å²) >= 11 is 0.257. The van der Waals surface area contributed by atoms with Crippen molar-refractivity contribution in [1.82, 2.24) is 4.37 Å². The van der Waals surface area contributed by atoms with Crippen molar-refractivity contribution in [2.45, 2.75) is 44.7 Å². The first-order valence-corrected chi connectivity index (χ1v) is 8.58. The van der Waals surface area contributed by atoms with Gasteiger partial charge in [-0.15, -0.1) is 0 Å². The average molecular weight is 329 g/mol. The van der Waals surface area contributed by atoms with Crippen LogP contribution in [0, 0.1) is 0 Å². The lowest BCUT2D eigenvalue weighted by Gasteiger charge is -2.12. The van der Waals surface area contributed by atoms with Crippen LogP contribution in [0.15, 0.2) is 0 Å². The van der Waals surface area contributed by atoms with Gasteiger partial charge in [-0.25, -0.2) is 0 Å². The quantitative estimate of drug-likeness (QED) is 0.793. The Morgan fingerprint density at radius 1 is 1.35 bits per heavy atom. The van der Waals surface area contributed by atoms with Crippen molar-refractivity contribution in [3.63, 3.8) is 0 Å². The fourth-order valence-corrected chi connectivity index (χ4v) is 3.55. The lowest BCUT2D eigenvalue weighted by atomic mass is 10.0. The summed E-state index contributed by atoms with van der Waals surface area (Å²) in [5.74, 6) is -1.15. The van der Waals surface area contributed by atoms with E-state index in [0.717, 1.165) is 12.8 Å². The molecule has 9 heteroatoms. The Balaban J connectivity index is 2.45. The zero-order valence-corrected chi connectivity index (χ0v) is 12.4. The van der Waals surface area contributed by atoms with Gasteiger partial charge in [0.05, 0.1) is 5.75 Å². The van der Waals surface area contributed by atoms with Crippen molar-refractivity contribution < 1.29 is 25.8 Å². The average Bonchev–Trinajstić information content (AvgIpc) is 2.95. The molecule has 0 bridgehead atoms. The molecule has 0 spiro atoms. The van der Waals surface area contributed by atoms with Gasteiger partial charge in [0.2, 0.25) is 0 Å². The fraction of sp³-hybridized carbons (Fsp3) is 0.727. The third-order valence-electron chi connectivity index (χ3n) is 3.24. The molecule has 1 aliphatic rings. The number of hydrogen-bond donors (Lipinski definition) is 0. The summed E-state index contributed by atoms with van der Waals surface area (Å²) in [4.78, 5) is -1.07. The van der Waals surface area contributed by atoms with E-state index in [2.05, 4.69) is 4.37 Å². The molecule has 1 saturated carbocycles. The van der Waals surface area contributed by atoms with Crippen LogP contribution in [0.1, 0.15) is 49.1 Å². The van der Waals surface area contributed by atoms with Crippen LogP contribution < -0.4 is 4.18 Å². The van der Waals surface area contributed by atoms with Gasteiger partial charge >= 0.3 is 16.3 Å². The Morgan fingerprint density at radius 2 is 1.95 bits per heavy atom. The monoisotopic (exact) mass is 329 g/mol. The first-order chi connectivity index (χ1) is 9.24. The molecule has 0 amide bonds. The minimum absolute atomic E-state index is 0.136. The summed E-state index contributed by atoms with van der Waals surface area (Å²) in [6.45, 7) is 1.32. The topological polar surface area (TPSA) is 56.3 Å². The molecule has 0 unspecified atom stereocenters. The zero-order valence-electron chi connectivity index (χ0n) is 10.7. The Morgan fingerprint density at radius 3 is 2.45 bits per heavy atom. The fourth-order valence-electron chi connectivity index (χ4n) is 2.20. The van der Waals surface area contributed by atoms with Gasteiger partial charge in [0.25, 0.3) is 0 Å². The predicted molar refractivity (Wildman–Crippen MR) is 68.4 cm³/mol. The lowest BCUT2D eigenvalue weighted by molar-refractivity contribution is -0.135. The first kappa shape index (κ1) is 15.6. The molecule has 1 aromatic rings. The van der Waals surface area contributed by atoms with Gasteiger partial charge in [-0.05, 0) is 31.3 Å². The summed E-state index contributed by atoms with van der Waals surface area (Å²) in [5.41, 5.74) is 0.136. The van der Waals surface area contributed by atoms with E-state index in [1.54, 1.807) is 0 Å². The van der Waals surface area contributed by atoms with Crippen LogP contribution in [0.2, 0.25) is 0 Å². The van der Waals surface area contributed by atoms with Crippen molar-refractivity contribution in [2.24, 2.45) is 0 Å². The Kier molecular flexibility index (Phi) is 4.29. The molecule has 1 heterocycles. The van der Waals surface area contributed by atoms with Crippen molar-refractivity contribution >= 4 is 21.7 Å². The summed E-state index contributed by atoms with van der Waals surface area (Å²) in [6.07, 6.45) is -1.42. The highest BCUT2D eigenvalue weighted by Crippen LogP contribution is 2.47. The van der Waals surface area contributed by atoms with Gasteiger partial charge in [0, 0.05) is 5.92 Å². The lowest BCUT2D eigenvalue weighted by Crippen LogP contribution is -2.15. The molecule has 2 rings (SSSR count). The van der Waals surface area contributed by atoms with Crippen molar-refractivity contribution in [3.05, 3.63) is 10.6 Å². The van der Waals surface area contributed by atoms with Gasteiger partial charge in [-0.1, -0.05) is 12.8 Å². The maximum Gasteiger partial charge on any atom is 0.430 e. The SMILES string of the molecule is CCS(=O)(=O)Oc1c(C2CCCC2)nsc1C(F)(F)F. The number of nitrogens with zero attached hydrogens (tertiary/aromatic N) is 1. The molecular formula is C11H14F3NO3S2. The second kappa shape index (κ2) is 5.51. The third kappa shape index (κ3) is 3.25. The van der Waals surface area contributed by atoms with Gasteiger partial charge in [0.1, 0.15) is 5.69 Å². The highest BCUT2D eigenvalue weighted by molar-refractivity contribution is 7.87. The maximum absolute atomic E-state index is 12.9. The van der Waals surface area contributed by atoms with E-state index in [9.17, 15) is 21.6 Å². The van der Waals surface area contributed by atoms with Gasteiger partial charge in [0.15, 0.2) is 10.6 Å². The van der Waals surface area contributed by atoms with Gasteiger partial charge in [-0.3, -0.25) is 0 Å². The van der Waals surface area contributed by atoms with Crippen LogP contribution >= 0.6 is 11.5 Å². The van der Waals surface area contributed by atoms with Crippen LogP contribution in [0.4, 0.5) is 13.2 Å². The predicted octanol–water partition coefficient (Wildman–Crippen LogP) is 3.55. The largest absolute Gasteiger partial charge is 0.430 e. The highest BCUT2D eigenvalue weighted by Gasteiger charge is 2.41. The van der Waals surface area contributed by atoms with Crippen LogP contribution in [0.5, 0.6) is 5.75 Å². The van der Waals surface area contributed by atoms with E-state index in [1.165, 1.54) is 6.92 Å². The van der Waals surface area contributed by atoms with Crippen LogP contribution in [-0.2, 0) is 16.3 Å². The van der Waals surface area contributed by atoms with Gasteiger partial charge in [-0.2, -0.15) is 26.0 Å². The van der Waals surface area contributed by atoms with E-state index in [1.807, 2.05) is 0 Å². The smallest absolute Gasteiger partial charge is 0.379 e. The molecule has 0 saturated heterocycles. The van der Waals surface area contributed by atoms with Crippen LogP contribution in [0.3, 0.4) is 0 Å². The summed E-state index contributed by atoms with van der Waals surface area (Å²) in [6, 6.07) is 0. The normalized spacial score (nSPS) is 17.6. The maximum atomic E-state index is 12.9. The van der Waals surface area contributed by atoms with Crippen molar-refractivity contribution in [3.8, 4) is 5.75 Å². The molecule has 0 aliphatic heterocycles. The second-order valence-corrected chi connectivity index (χ2v) is 7.27. The van der Waals surface area contributed by atoms with Crippen LogP contribution in [0.25, 0.3) is 0 Å². The molecule has 1 fully saturated rings. The Bertz CT molecular complexity index is 574. The molecule has 0 aromatic carbocycles. The van der Waals surface area contributed by atoms with E-state index >= 15 is 0 Å². The molecule has 114 valence electrons. The number of hydrogen-bond acceptors (Lipinski definition) is 5. The van der Waals surface area contributed by atoms with E-state index in [-0.39, 0.29) is 28.9 Å². The van der Waals surface area contributed by atoms with Gasteiger partial charge < -0.3 is 4.18 Å². The first-order valence-electron chi connectivity index (χ1n) is 6.23. The standard InChI is InChI=1S/C11H14F3NO3S2/c1-2-20(16,17)18-9-8(7-5-3-4-6-7)15-19-10(9)11(12,13)14/h7H,2-6H2,1H3. The Hall–Kier alpha value is -0.830. The molecule has 1 aromatic heterocycles. The molecule has 1 aliphatic carbocycles. The minimum atomic E-state index is -4.66. The number of alkyl halides is 3.